The van der Waals surface area contributed by atoms with Gasteiger partial charge in [-0.2, -0.15) is 0 Å². The van der Waals surface area contributed by atoms with Crippen LogP contribution in [0.1, 0.15) is 36.7 Å². The van der Waals surface area contributed by atoms with Gasteiger partial charge >= 0.3 is 0 Å². The van der Waals surface area contributed by atoms with Crippen molar-refractivity contribution in [1.29, 1.82) is 0 Å². The fraction of sp³-hybridized carbons (Fsp3) is 0.467. The highest BCUT2D eigenvalue weighted by molar-refractivity contribution is 5.94. The second-order valence-electron chi connectivity index (χ2n) is 4.84. The van der Waals surface area contributed by atoms with Crippen LogP contribution in [0.3, 0.4) is 0 Å². The van der Waals surface area contributed by atoms with Gasteiger partial charge in [-0.3, -0.25) is 9.78 Å². The smallest absolute Gasteiger partial charge is 0.252 e. The number of carbonyl (C=O) groups excluding carboxylic acids is 1. The molecule has 0 atom stereocenters. The summed E-state index contributed by atoms with van der Waals surface area (Å²) in [4.78, 5) is 16.0. The molecule has 5 nitrogen and oxygen atoms in total. The van der Waals surface area contributed by atoms with Gasteiger partial charge in [-0.1, -0.05) is 11.8 Å². The molecule has 0 radical (unpaired) electrons. The van der Waals surface area contributed by atoms with Gasteiger partial charge in [-0.15, -0.1) is 0 Å². The normalized spacial score (nSPS) is 10.6. The van der Waals surface area contributed by atoms with Crippen LogP contribution in [0.25, 0.3) is 0 Å². The number of aromatic nitrogens is 1. The molecule has 1 aromatic rings. The van der Waals surface area contributed by atoms with Gasteiger partial charge in [0.05, 0.1) is 17.7 Å². The van der Waals surface area contributed by atoms with E-state index in [1.807, 2.05) is 20.8 Å². The molecule has 0 saturated heterocycles. The van der Waals surface area contributed by atoms with E-state index in [9.17, 15) is 4.79 Å². The predicted molar refractivity (Wildman–Crippen MR) is 78.2 cm³/mol. The first kappa shape index (κ1) is 16.2. The average Bonchev–Trinajstić information content (AvgIpc) is 2.43. The van der Waals surface area contributed by atoms with Crippen molar-refractivity contribution in [2.75, 3.05) is 19.7 Å². The van der Waals surface area contributed by atoms with Crippen molar-refractivity contribution in [1.82, 2.24) is 10.3 Å². The van der Waals surface area contributed by atoms with E-state index < -0.39 is 5.60 Å². The van der Waals surface area contributed by atoms with Gasteiger partial charge in [0.2, 0.25) is 0 Å². The van der Waals surface area contributed by atoms with Crippen molar-refractivity contribution < 1.29 is 9.53 Å². The number of hydrogen-bond acceptors (Lipinski definition) is 4. The van der Waals surface area contributed by atoms with Crippen LogP contribution in [0.2, 0.25) is 0 Å². The third-order valence-corrected chi connectivity index (χ3v) is 2.54. The number of nitrogens with two attached hydrogens (primary N) is 1. The second kappa shape index (κ2) is 7.63. The maximum Gasteiger partial charge on any atom is 0.252 e. The quantitative estimate of drug-likeness (QED) is 0.784. The third-order valence-electron chi connectivity index (χ3n) is 2.54. The molecular formula is C15H21N3O2. The predicted octanol–water partition coefficient (Wildman–Crippen LogP) is 0.937. The van der Waals surface area contributed by atoms with Crippen molar-refractivity contribution in [2.45, 2.75) is 26.4 Å². The molecule has 0 aliphatic carbocycles. The summed E-state index contributed by atoms with van der Waals surface area (Å²) in [7, 11) is 0. The van der Waals surface area contributed by atoms with Crippen molar-refractivity contribution in [3.05, 3.63) is 29.6 Å². The second-order valence-corrected chi connectivity index (χ2v) is 4.84. The summed E-state index contributed by atoms with van der Waals surface area (Å²) < 4.78 is 5.53. The summed E-state index contributed by atoms with van der Waals surface area (Å²) in [6.07, 6.45) is 3.11. The van der Waals surface area contributed by atoms with Gasteiger partial charge in [-0.25, -0.2) is 0 Å². The van der Waals surface area contributed by atoms with E-state index in [2.05, 4.69) is 22.1 Å². The first-order chi connectivity index (χ1) is 9.48. The molecule has 3 N–H and O–H groups in total. The number of nitrogens with zero attached hydrogens (tertiary/aromatic N) is 1. The summed E-state index contributed by atoms with van der Waals surface area (Å²) in [6, 6.07) is 1.69. The monoisotopic (exact) mass is 275 g/mol. The van der Waals surface area contributed by atoms with E-state index >= 15 is 0 Å². The molecule has 0 bridgehead atoms. The van der Waals surface area contributed by atoms with E-state index in [4.69, 9.17) is 10.5 Å². The standard InChI is InChI=1S/C15H21N3O2/c1-4-20-15(2,3)11-18-14(19)13-8-12(6-5-7-16)9-17-10-13/h8-10H,4,7,11,16H2,1-3H3,(H,18,19). The Morgan fingerprint density at radius 2 is 2.25 bits per heavy atom. The Kier molecular flexibility index (Phi) is 6.16. The maximum absolute atomic E-state index is 12.0. The molecule has 5 heteroatoms. The fourth-order valence-electron chi connectivity index (χ4n) is 1.62. The number of carbonyl (C=O) groups is 1. The zero-order chi connectivity index (χ0) is 15.0. The summed E-state index contributed by atoms with van der Waals surface area (Å²) in [5.41, 5.74) is 6.06. The zero-order valence-electron chi connectivity index (χ0n) is 12.2. The summed E-state index contributed by atoms with van der Waals surface area (Å²) in [5, 5.41) is 2.83. The Morgan fingerprint density at radius 3 is 2.90 bits per heavy atom. The van der Waals surface area contributed by atoms with E-state index in [1.54, 1.807) is 12.3 Å². The SMILES string of the molecule is CCOC(C)(C)CNC(=O)c1cncc(C#CCN)c1. The average molecular weight is 275 g/mol. The van der Waals surface area contributed by atoms with Crippen molar-refractivity contribution in [3.8, 4) is 11.8 Å². The number of rotatable bonds is 5. The Balaban J connectivity index is 2.68. The molecule has 1 amide bonds. The van der Waals surface area contributed by atoms with E-state index in [0.29, 0.717) is 24.3 Å². The summed E-state index contributed by atoms with van der Waals surface area (Å²) >= 11 is 0. The molecule has 0 aliphatic heterocycles. The van der Waals surface area contributed by atoms with Crippen LogP contribution in [0.15, 0.2) is 18.5 Å². The summed E-state index contributed by atoms with van der Waals surface area (Å²) in [5.74, 6) is 5.39. The molecule has 1 rings (SSSR count). The van der Waals surface area contributed by atoms with Crippen LogP contribution in [0, 0.1) is 11.8 Å². The highest BCUT2D eigenvalue weighted by atomic mass is 16.5. The fourth-order valence-corrected chi connectivity index (χ4v) is 1.62. The minimum Gasteiger partial charge on any atom is -0.374 e. The maximum atomic E-state index is 12.0. The molecule has 108 valence electrons. The molecule has 0 fully saturated rings. The van der Waals surface area contributed by atoms with Gasteiger partial charge < -0.3 is 15.8 Å². The van der Waals surface area contributed by atoms with Crippen molar-refractivity contribution in [3.63, 3.8) is 0 Å². The topological polar surface area (TPSA) is 77.2 Å². The third kappa shape index (κ3) is 5.39. The number of nitrogens with one attached hydrogen (secondary N) is 1. The van der Waals surface area contributed by atoms with Gasteiger partial charge in [0.15, 0.2) is 0 Å². The highest BCUT2D eigenvalue weighted by Gasteiger charge is 2.19. The number of hydrogen-bond donors (Lipinski definition) is 2. The Morgan fingerprint density at radius 1 is 1.50 bits per heavy atom. The molecular weight excluding hydrogens is 254 g/mol. The van der Waals surface area contributed by atoms with E-state index in [1.165, 1.54) is 6.20 Å². The lowest BCUT2D eigenvalue weighted by Gasteiger charge is -2.24. The minimum atomic E-state index is -0.394. The molecule has 1 aromatic heterocycles. The zero-order valence-corrected chi connectivity index (χ0v) is 12.2. The van der Waals surface area contributed by atoms with E-state index in [0.717, 1.165) is 0 Å². The van der Waals surface area contributed by atoms with Crippen molar-refractivity contribution >= 4 is 5.91 Å². The van der Waals surface area contributed by atoms with Crippen LogP contribution >= 0.6 is 0 Å². The molecule has 0 saturated carbocycles. The van der Waals surface area contributed by atoms with Crippen LogP contribution in [0.5, 0.6) is 0 Å². The largest absolute Gasteiger partial charge is 0.374 e. The van der Waals surface area contributed by atoms with E-state index in [-0.39, 0.29) is 12.5 Å². The molecule has 20 heavy (non-hydrogen) atoms. The highest BCUT2D eigenvalue weighted by Crippen LogP contribution is 2.08. The first-order valence-electron chi connectivity index (χ1n) is 6.54. The molecule has 0 aromatic carbocycles. The van der Waals surface area contributed by atoms with Crippen LogP contribution in [-0.4, -0.2) is 36.2 Å². The number of amides is 1. The molecule has 0 unspecified atom stereocenters. The lowest BCUT2D eigenvalue weighted by Crippen LogP contribution is -2.40. The van der Waals surface area contributed by atoms with Gasteiger partial charge in [0, 0.05) is 31.1 Å². The summed E-state index contributed by atoms with van der Waals surface area (Å²) in [6.45, 7) is 7.09. The Labute approximate surface area is 119 Å². The molecule has 0 aliphatic rings. The molecule has 1 heterocycles. The van der Waals surface area contributed by atoms with Crippen LogP contribution in [-0.2, 0) is 4.74 Å². The first-order valence-corrected chi connectivity index (χ1v) is 6.54. The lowest BCUT2D eigenvalue weighted by molar-refractivity contribution is -0.00815. The Bertz CT molecular complexity index is 515. The van der Waals surface area contributed by atoms with Gasteiger partial charge in [-0.05, 0) is 26.8 Å². The molecule has 0 spiro atoms. The van der Waals surface area contributed by atoms with Crippen molar-refractivity contribution in [2.24, 2.45) is 5.73 Å². The van der Waals surface area contributed by atoms with Gasteiger partial charge in [0.1, 0.15) is 0 Å². The minimum absolute atomic E-state index is 0.193. The Hall–Kier alpha value is -1.90. The number of pyridine rings is 1. The van der Waals surface area contributed by atoms with Crippen LogP contribution < -0.4 is 11.1 Å². The lowest BCUT2D eigenvalue weighted by atomic mass is 10.1. The van der Waals surface area contributed by atoms with Gasteiger partial charge in [0.25, 0.3) is 5.91 Å². The van der Waals surface area contributed by atoms with Crippen LogP contribution in [0.4, 0.5) is 0 Å². The number of ether oxygens (including phenoxy) is 1.